The van der Waals surface area contributed by atoms with Crippen molar-refractivity contribution >= 4 is 0 Å². The Bertz CT molecular complexity index is 583. The van der Waals surface area contributed by atoms with Crippen LogP contribution in [0.25, 0.3) is 11.3 Å². The summed E-state index contributed by atoms with van der Waals surface area (Å²) < 4.78 is 2.25. The molecule has 1 unspecified atom stereocenters. The maximum Gasteiger partial charge on any atom is 0.0956 e. The van der Waals surface area contributed by atoms with E-state index in [1.54, 1.807) is 0 Å². The van der Waals surface area contributed by atoms with Crippen LogP contribution in [0.3, 0.4) is 0 Å². The van der Waals surface area contributed by atoms with E-state index in [1.165, 1.54) is 22.4 Å². The zero-order valence-electron chi connectivity index (χ0n) is 11.0. The molecule has 2 N–H and O–H groups in total. The Morgan fingerprint density at radius 1 is 1.33 bits per heavy atom. The van der Waals surface area contributed by atoms with Crippen LogP contribution in [0, 0.1) is 13.8 Å². The van der Waals surface area contributed by atoms with Crippen LogP contribution >= 0.6 is 0 Å². The summed E-state index contributed by atoms with van der Waals surface area (Å²) in [5.74, 6) is 0. The lowest BCUT2D eigenvalue weighted by atomic mass is 9.97. The molecular formula is C15H19N3. The second-order valence-electron chi connectivity index (χ2n) is 5.30. The van der Waals surface area contributed by atoms with Gasteiger partial charge in [0.05, 0.1) is 12.0 Å². The van der Waals surface area contributed by atoms with E-state index in [0.717, 1.165) is 25.1 Å². The number of imidazole rings is 1. The SMILES string of the molecule is Cc1ccc(C)c(-c2ncn3c2CC(N)CC3)c1. The summed E-state index contributed by atoms with van der Waals surface area (Å²) in [7, 11) is 0. The van der Waals surface area contributed by atoms with Gasteiger partial charge in [-0.3, -0.25) is 0 Å². The molecule has 0 spiro atoms. The Balaban J connectivity index is 2.12. The van der Waals surface area contributed by atoms with Gasteiger partial charge in [-0.15, -0.1) is 0 Å². The molecule has 0 aliphatic carbocycles. The van der Waals surface area contributed by atoms with Gasteiger partial charge in [0, 0.05) is 30.3 Å². The highest BCUT2D eigenvalue weighted by Crippen LogP contribution is 2.29. The molecule has 3 heteroatoms. The van der Waals surface area contributed by atoms with E-state index in [0.29, 0.717) is 0 Å². The fraction of sp³-hybridized carbons (Fsp3) is 0.400. The Labute approximate surface area is 108 Å². The molecule has 94 valence electrons. The molecule has 1 aliphatic heterocycles. The number of hydrogen-bond donors (Lipinski definition) is 1. The highest BCUT2D eigenvalue weighted by molar-refractivity contribution is 5.67. The lowest BCUT2D eigenvalue weighted by molar-refractivity contribution is 0.472. The van der Waals surface area contributed by atoms with Crippen molar-refractivity contribution in [3.8, 4) is 11.3 Å². The summed E-state index contributed by atoms with van der Waals surface area (Å²) in [6, 6.07) is 6.81. The molecule has 0 radical (unpaired) electrons. The van der Waals surface area contributed by atoms with Gasteiger partial charge in [-0.05, 0) is 31.9 Å². The van der Waals surface area contributed by atoms with Crippen LogP contribution in [0.2, 0.25) is 0 Å². The quantitative estimate of drug-likeness (QED) is 0.833. The molecule has 0 saturated heterocycles. The van der Waals surface area contributed by atoms with Gasteiger partial charge in [0.25, 0.3) is 0 Å². The molecule has 0 amide bonds. The summed E-state index contributed by atoms with van der Waals surface area (Å²) in [5, 5.41) is 0. The molecule has 1 aliphatic rings. The number of nitrogens with zero attached hydrogens (tertiary/aromatic N) is 2. The van der Waals surface area contributed by atoms with Crippen LogP contribution in [0.4, 0.5) is 0 Å². The normalized spacial score (nSPS) is 18.7. The zero-order chi connectivity index (χ0) is 12.7. The van der Waals surface area contributed by atoms with Gasteiger partial charge >= 0.3 is 0 Å². The van der Waals surface area contributed by atoms with Crippen molar-refractivity contribution in [1.29, 1.82) is 0 Å². The number of benzene rings is 1. The summed E-state index contributed by atoms with van der Waals surface area (Å²) >= 11 is 0. The van der Waals surface area contributed by atoms with Crippen LogP contribution in [0.5, 0.6) is 0 Å². The van der Waals surface area contributed by atoms with E-state index < -0.39 is 0 Å². The number of aryl methyl sites for hydroxylation is 3. The second-order valence-corrected chi connectivity index (χ2v) is 5.30. The van der Waals surface area contributed by atoms with Gasteiger partial charge < -0.3 is 10.3 Å². The number of nitrogens with two attached hydrogens (primary N) is 1. The smallest absolute Gasteiger partial charge is 0.0956 e. The Kier molecular flexibility index (Phi) is 2.71. The first-order valence-corrected chi connectivity index (χ1v) is 6.52. The van der Waals surface area contributed by atoms with Crippen molar-refractivity contribution in [3.63, 3.8) is 0 Å². The third kappa shape index (κ3) is 1.85. The first-order chi connectivity index (χ1) is 8.65. The van der Waals surface area contributed by atoms with Gasteiger partial charge in [0.15, 0.2) is 0 Å². The third-order valence-electron chi connectivity index (χ3n) is 3.79. The Hall–Kier alpha value is -1.61. The van der Waals surface area contributed by atoms with Crippen LogP contribution in [-0.2, 0) is 13.0 Å². The highest BCUT2D eigenvalue weighted by atomic mass is 15.1. The van der Waals surface area contributed by atoms with Gasteiger partial charge in [-0.2, -0.15) is 0 Å². The maximum atomic E-state index is 6.08. The standard InChI is InChI=1S/C15H19N3/c1-10-3-4-11(2)13(7-10)15-14-8-12(16)5-6-18(14)9-17-15/h3-4,7,9,12H,5-6,8,16H2,1-2H3. The molecule has 0 bridgehead atoms. The minimum absolute atomic E-state index is 0.276. The average Bonchev–Trinajstić information content (AvgIpc) is 2.75. The second kappa shape index (κ2) is 4.25. The number of hydrogen-bond acceptors (Lipinski definition) is 2. The number of fused-ring (bicyclic) bond motifs is 1. The molecule has 1 aromatic carbocycles. The van der Waals surface area contributed by atoms with E-state index >= 15 is 0 Å². The highest BCUT2D eigenvalue weighted by Gasteiger charge is 2.21. The Morgan fingerprint density at radius 3 is 3.00 bits per heavy atom. The average molecular weight is 241 g/mol. The maximum absolute atomic E-state index is 6.08. The lowest BCUT2D eigenvalue weighted by Crippen LogP contribution is -2.30. The van der Waals surface area contributed by atoms with Gasteiger partial charge in [0.1, 0.15) is 0 Å². The van der Waals surface area contributed by atoms with E-state index in [1.807, 2.05) is 6.33 Å². The monoisotopic (exact) mass is 241 g/mol. The van der Waals surface area contributed by atoms with Crippen molar-refractivity contribution in [2.75, 3.05) is 0 Å². The van der Waals surface area contributed by atoms with Crippen LogP contribution < -0.4 is 5.73 Å². The zero-order valence-corrected chi connectivity index (χ0v) is 11.0. The molecule has 3 nitrogen and oxygen atoms in total. The minimum atomic E-state index is 0.276. The van der Waals surface area contributed by atoms with Gasteiger partial charge in [0.2, 0.25) is 0 Å². The predicted octanol–water partition coefficient (Wildman–Crippen LogP) is 2.44. The van der Waals surface area contributed by atoms with Crippen LogP contribution in [-0.4, -0.2) is 15.6 Å². The topological polar surface area (TPSA) is 43.8 Å². The largest absolute Gasteiger partial charge is 0.334 e. The molecule has 3 rings (SSSR count). The molecule has 18 heavy (non-hydrogen) atoms. The fourth-order valence-electron chi connectivity index (χ4n) is 2.69. The van der Waals surface area contributed by atoms with Crippen LogP contribution in [0.1, 0.15) is 23.2 Å². The van der Waals surface area contributed by atoms with Gasteiger partial charge in [-0.1, -0.05) is 17.7 Å². The van der Waals surface area contributed by atoms with E-state index in [9.17, 15) is 0 Å². The molecular weight excluding hydrogens is 222 g/mol. The lowest BCUT2D eigenvalue weighted by Gasteiger charge is -2.21. The summed E-state index contributed by atoms with van der Waals surface area (Å²) in [6.45, 7) is 5.26. The fourth-order valence-corrected chi connectivity index (χ4v) is 2.69. The van der Waals surface area contributed by atoms with Gasteiger partial charge in [-0.25, -0.2) is 4.98 Å². The van der Waals surface area contributed by atoms with E-state index in [-0.39, 0.29) is 6.04 Å². The molecule has 0 saturated carbocycles. The summed E-state index contributed by atoms with van der Waals surface area (Å²) in [5.41, 5.74) is 12.3. The summed E-state index contributed by atoms with van der Waals surface area (Å²) in [4.78, 5) is 4.61. The third-order valence-corrected chi connectivity index (χ3v) is 3.79. The summed E-state index contributed by atoms with van der Waals surface area (Å²) in [6.07, 6.45) is 3.94. The van der Waals surface area contributed by atoms with Crippen molar-refractivity contribution in [1.82, 2.24) is 9.55 Å². The number of aromatic nitrogens is 2. The van der Waals surface area contributed by atoms with Crippen LogP contribution in [0.15, 0.2) is 24.5 Å². The molecule has 1 atom stereocenters. The van der Waals surface area contributed by atoms with Crippen molar-refractivity contribution in [3.05, 3.63) is 41.3 Å². The van der Waals surface area contributed by atoms with Crippen molar-refractivity contribution in [2.45, 2.75) is 39.3 Å². The molecule has 2 aromatic rings. The molecule has 1 aromatic heterocycles. The van der Waals surface area contributed by atoms with E-state index in [2.05, 4.69) is 41.6 Å². The predicted molar refractivity (Wildman–Crippen MR) is 73.4 cm³/mol. The van der Waals surface area contributed by atoms with Crippen molar-refractivity contribution < 1.29 is 0 Å². The Morgan fingerprint density at radius 2 is 2.17 bits per heavy atom. The first-order valence-electron chi connectivity index (χ1n) is 6.52. The minimum Gasteiger partial charge on any atom is -0.334 e. The molecule has 2 heterocycles. The van der Waals surface area contributed by atoms with Crippen molar-refractivity contribution in [2.24, 2.45) is 5.73 Å². The number of rotatable bonds is 1. The first kappa shape index (κ1) is 11.5. The van der Waals surface area contributed by atoms with E-state index in [4.69, 9.17) is 5.73 Å². The molecule has 0 fully saturated rings.